The van der Waals surface area contributed by atoms with Crippen molar-refractivity contribution >= 4 is 41.5 Å². The van der Waals surface area contributed by atoms with Crippen molar-refractivity contribution in [2.45, 2.75) is 108 Å². The Balaban J connectivity index is 1.41. The molecular formula is C52H59NO17. The van der Waals surface area contributed by atoms with Gasteiger partial charge in [-0.25, -0.2) is 14.4 Å². The summed E-state index contributed by atoms with van der Waals surface area (Å²) < 4.78 is 47.0. The highest BCUT2D eigenvalue weighted by Crippen LogP contribution is 2.64. The van der Waals surface area contributed by atoms with Crippen molar-refractivity contribution in [1.29, 1.82) is 0 Å². The zero-order valence-corrected chi connectivity index (χ0v) is 40.0. The molecule has 374 valence electrons. The quantitative estimate of drug-likeness (QED) is 0.0796. The van der Waals surface area contributed by atoms with Crippen molar-refractivity contribution < 1.29 is 81.7 Å². The van der Waals surface area contributed by atoms with E-state index in [9.17, 15) is 34.2 Å². The number of methoxy groups -OCH3 is 1. The van der Waals surface area contributed by atoms with Crippen LogP contribution in [0.2, 0.25) is 0 Å². The molecule has 7 rings (SSSR count). The molecule has 18 heteroatoms. The zero-order valence-electron chi connectivity index (χ0n) is 40.0. The molecule has 3 fully saturated rings. The average molecular weight is 970 g/mol. The van der Waals surface area contributed by atoms with E-state index in [0.29, 0.717) is 5.56 Å². The minimum absolute atomic E-state index is 0.00229. The third-order valence-electron chi connectivity index (χ3n) is 14.4. The monoisotopic (exact) mass is 969 g/mol. The Morgan fingerprint density at radius 1 is 0.829 bits per heavy atom. The summed E-state index contributed by atoms with van der Waals surface area (Å²) in [6.45, 7) is 7.36. The van der Waals surface area contributed by atoms with Gasteiger partial charge in [0.05, 0.1) is 42.8 Å². The number of rotatable bonds is 16. The van der Waals surface area contributed by atoms with E-state index in [1.807, 2.05) is 0 Å². The summed E-state index contributed by atoms with van der Waals surface area (Å²) in [4.78, 5) is 99.0. The standard InChI is InChI=1S/C52H59NO17/c1-29-35(67-48(61)42(68-38(57)27-64-24-23-63-7)40(32-17-11-8-12-18-32)53-46(59)33-19-13-9-14-20-33)26-52(62)45(69-47(60)34-21-15-10-16-22-34)43-50(6,36(56)25-37-51(43,28-65-37)70-31(3)55)44(58)41(66-30(2)54)39(29)49(52,4)5/h8-22,35-37,40-43,45,56,62H,23-28H2,1-7H3,(H,53,59)/t35-,36-,37+,40-,41+,42+,43-,45-,50+,51-,52+/m0/s1. The number of carbonyl (C=O) groups is 7. The van der Waals surface area contributed by atoms with Crippen LogP contribution in [-0.2, 0) is 61.9 Å². The fraction of sp³-hybridized carbons (Fsp3) is 0.481. The van der Waals surface area contributed by atoms with E-state index in [4.69, 9.17) is 37.9 Å². The van der Waals surface area contributed by atoms with Gasteiger partial charge < -0.3 is 53.4 Å². The molecule has 4 aliphatic rings. The van der Waals surface area contributed by atoms with Crippen molar-refractivity contribution in [2.24, 2.45) is 16.7 Å². The maximum atomic E-state index is 15.7. The lowest BCUT2D eigenvalue weighted by Crippen LogP contribution is -2.82. The zero-order chi connectivity index (χ0) is 50.8. The molecule has 3 aromatic carbocycles. The lowest BCUT2D eigenvalue weighted by atomic mass is 9.44. The third kappa shape index (κ3) is 9.50. The molecule has 2 saturated carbocycles. The van der Waals surface area contributed by atoms with Crippen LogP contribution >= 0.6 is 0 Å². The number of ketones is 1. The molecular weight excluding hydrogens is 911 g/mol. The number of amides is 1. The summed E-state index contributed by atoms with van der Waals surface area (Å²) in [7, 11) is 1.44. The van der Waals surface area contributed by atoms with Crippen molar-refractivity contribution in [3.8, 4) is 0 Å². The SMILES string of the molecule is COCCOCC(=O)O[C@@H](C(=O)O[C@H]1C[C@@]2(O)[C@@H](OC(=O)c3ccccc3)[C@@H]3[C@]4(OC(C)=O)CO[C@@H]4C[C@H](O)[C@@]3(C)C(=O)[C@H](OC(C)=O)C(=C1C)C2(C)C)[C@@H](NC(=O)c1ccccc1)c1ccccc1. The van der Waals surface area contributed by atoms with Crippen molar-refractivity contribution in [1.82, 2.24) is 5.32 Å². The van der Waals surface area contributed by atoms with Gasteiger partial charge in [-0.05, 0) is 54.8 Å². The molecule has 0 radical (unpaired) electrons. The van der Waals surface area contributed by atoms with Gasteiger partial charge in [0.1, 0.15) is 36.6 Å². The minimum atomic E-state index is -2.46. The second-order valence-electron chi connectivity index (χ2n) is 18.9. The van der Waals surface area contributed by atoms with E-state index in [1.165, 1.54) is 33.1 Å². The summed E-state index contributed by atoms with van der Waals surface area (Å²) in [5, 5.41) is 28.9. The van der Waals surface area contributed by atoms with E-state index >= 15 is 9.59 Å². The summed E-state index contributed by atoms with van der Waals surface area (Å²) in [6, 6.07) is 22.7. The topological polar surface area (TPSA) is 246 Å². The Kier molecular flexibility index (Phi) is 15.1. The molecule has 1 amide bonds. The average Bonchev–Trinajstić information content (AvgIpc) is 3.32. The molecule has 1 saturated heterocycles. The van der Waals surface area contributed by atoms with Crippen LogP contribution in [0.1, 0.15) is 86.7 Å². The lowest BCUT2D eigenvalue weighted by molar-refractivity contribution is -0.346. The van der Waals surface area contributed by atoms with E-state index in [1.54, 1.807) is 92.7 Å². The van der Waals surface area contributed by atoms with Crippen LogP contribution in [-0.4, -0.2) is 133 Å². The Labute approximate surface area is 404 Å². The molecule has 0 spiro atoms. The summed E-state index contributed by atoms with van der Waals surface area (Å²) >= 11 is 0. The molecule has 1 heterocycles. The molecule has 0 aromatic heterocycles. The second-order valence-corrected chi connectivity index (χ2v) is 18.9. The van der Waals surface area contributed by atoms with Gasteiger partial charge in [0.2, 0.25) is 6.10 Å². The third-order valence-corrected chi connectivity index (χ3v) is 14.4. The first kappa shape index (κ1) is 51.5. The molecule has 18 nitrogen and oxygen atoms in total. The first-order valence-electron chi connectivity index (χ1n) is 23.0. The van der Waals surface area contributed by atoms with E-state index in [0.717, 1.165) is 13.8 Å². The van der Waals surface area contributed by atoms with Gasteiger partial charge in [-0.15, -0.1) is 0 Å². The van der Waals surface area contributed by atoms with Gasteiger partial charge in [0.15, 0.2) is 17.5 Å². The Hall–Kier alpha value is -6.31. The van der Waals surface area contributed by atoms with Gasteiger partial charge in [-0.1, -0.05) is 80.6 Å². The largest absolute Gasteiger partial charge is 0.455 e. The van der Waals surface area contributed by atoms with Crippen LogP contribution in [0, 0.1) is 16.7 Å². The number of Topliss-reactive ketones (excluding diaryl/α,β-unsaturated/α-hetero) is 1. The van der Waals surface area contributed by atoms with E-state index < -0.39 is 125 Å². The number of benzene rings is 3. The number of aliphatic hydroxyl groups excluding tert-OH is 1. The molecule has 3 N–H and O–H groups in total. The summed E-state index contributed by atoms with van der Waals surface area (Å²) in [5.74, 6) is -8.07. The van der Waals surface area contributed by atoms with Crippen LogP contribution < -0.4 is 5.32 Å². The van der Waals surface area contributed by atoms with Crippen LogP contribution in [0.15, 0.2) is 102 Å². The summed E-state index contributed by atoms with van der Waals surface area (Å²) in [5.41, 5.74) is -7.45. The molecule has 2 bridgehead atoms. The fourth-order valence-electron chi connectivity index (χ4n) is 10.8. The number of ether oxygens (including phenoxy) is 8. The molecule has 3 aliphatic carbocycles. The van der Waals surface area contributed by atoms with Crippen LogP contribution in [0.5, 0.6) is 0 Å². The molecule has 11 atom stereocenters. The molecule has 1 aliphatic heterocycles. The van der Waals surface area contributed by atoms with Gasteiger partial charge in [0.25, 0.3) is 5.91 Å². The maximum Gasteiger partial charge on any atom is 0.350 e. The first-order valence-corrected chi connectivity index (χ1v) is 23.0. The lowest BCUT2D eigenvalue weighted by Gasteiger charge is -2.67. The Morgan fingerprint density at radius 2 is 1.44 bits per heavy atom. The maximum absolute atomic E-state index is 15.7. The molecule has 3 aromatic rings. The van der Waals surface area contributed by atoms with Crippen LogP contribution in [0.4, 0.5) is 0 Å². The Morgan fingerprint density at radius 3 is 2.01 bits per heavy atom. The number of hydrogen-bond acceptors (Lipinski definition) is 17. The number of esters is 5. The summed E-state index contributed by atoms with van der Waals surface area (Å²) in [6.07, 6.45) is -10.8. The van der Waals surface area contributed by atoms with Crippen molar-refractivity contribution in [2.75, 3.05) is 33.5 Å². The van der Waals surface area contributed by atoms with Crippen molar-refractivity contribution in [3.05, 3.63) is 119 Å². The van der Waals surface area contributed by atoms with Gasteiger partial charge in [0, 0.05) is 44.8 Å². The molecule has 70 heavy (non-hydrogen) atoms. The van der Waals surface area contributed by atoms with Gasteiger partial charge in [-0.2, -0.15) is 0 Å². The number of carbonyl (C=O) groups excluding carboxylic acids is 7. The Bertz CT molecular complexity index is 2500. The number of aliphatic hydroxyl groups is 2. The van der Waals surface area contributed by atoms with Crippen molar-refractivity contribution in [3.63, 3.8) is 0 Å². The predicted octanol–water partition coefficient (Wildman–Crippen LogP) is 3.95. The molecule has 0 unspecified atom stereocenters. The van der Waals surface area contributed by atoms with Gasteiger partial charge in [-0.3, -0.25) is 19.2 Å². The van der Waals surface area contributed by atoms with Crippen LogP contribution in [0.25, 0.3) is 0 Å². The normalized spacial score (nSPS) is 29.5. The van der Waals surface area contributed by atoms with E-state index in [2.05, 4.69) is 5.32 Å². The number of fused-ring (bicyclic) bond motifs is 5. The van der Waals surface area contributed by atoms with E-state index in [-0.39, 0.29) is 48.5 Å². The number of nitrogens with one attached hydrogen (secondary N) is 1. The highest BCUT2D eigenvalue weighted by atomic mass is 16.6. The predicted molar refractivity (Wildman–Crippen MR) is 244 cm³/mol. The fourth-order valence-corrected chi connectivity index (χ4v) is 10.8. The highest BCUT2D eigenvalue weighted by Gasteiger charge is 2.78. The minimum Gasteiger partial charge on any atom is -0.455 e. The number of hydrogen-bond donors (Lipinski definition) is 3. The first-order chi connectivity index (χ1) is 33.2. The van der Waals surface area contributed by atoms with Crippen LogP contribution in [0.3, 0.4) is 0 Å². The second kappa shape index (κ2) is 20.6. The highest BCUT2D eigenvalue weighted by molar-refractivity contribution is 5.96. The van der Waals surface area contributed by atoms with Gasteiger partial charge >= 0.3 is 29.8 Å². The smallest absolute Gasteiger partial charge is 0.350 e.